The van der Waals surface area contributed by atoms with Crippen LogP contribution >= 0.6 is 11.8 Å². The van der Waals surface area contributed by atoms with E-state index in [4.69, 9.17) is 9.47 Å². The molecule has 2 N–H and O–H groups in total. The van der Waals surface area contributed by atoms with Gasteiger partial charge in [0.1, 0.15) is 0 Å². The van der Waals surface area contributed by atoms with E-state index in [2.05, 4.69) is 11.6 Å². The van der Waals surface area contributed by atoms with Crippen LogP contribution in [0.2, 0.25) is 0 Å². The number of rotatable bonds is 7. The van der Waals surface area contributed by atoms with Gasteiger partial charge in [-0.2, -0.15) is 11.8 Å². The standard InChI is InChI=1S/C15H23NO3S/c1-18-12-7-11(8-13(19-2)14(12)17)9-16-10-15(20-3)5-4-6-15/h7-8,16-17H,4-6,9-10H2,1-3H3. The van der Waals surface area contributed by atoms with Crippen molar-refractivity contribution in [3.8, 4) is 17.2 Å². The molecule has 5 heteroatoms. The monoisotopic (exact) mass is 297 g/mol. The summed E-state index contributed by atoms with van der Waals surface area (Å²) in [5, 5.41) is 13.4. The van der Waals surface area contributed by atoms with E-state index in [0.717, 1.165) is 18.7 Å². The molecule has 0 atom stereocenters. The highest BCUT2D eigenvalue weighted by atomic mass is 32.2. The topological polar surface area (TPSA) is 50.7 Å². The van der Waals surface area contributed by atoms with Crippen LogP contribution in [-0.2, 0) is 6.54 Å². The summed E-state index contributed by atoms with van der Waals surface area (Å²) in [6, 6.07) is 3.69. The van der Waals surface area contributed by atoms with E-state index in [9.17, 15) is 5.11 Å². The lowest BCUT2D eigenvalue weighted by atomic mass is 9.84. The second kappa shape index (κ2) is 6.59. The van der Waals surface area contributed by atoms with Gasteiger partial charge in [-0.3, -0.25) is 0 Å². The third-order valence-electron chi connectivity index (χ3n) is 4.01. The van der Waals surface area contributed by atoms with Gasteiger partial charge >= 0.3 is 0 Å². The van der Waals surface area contributed by atoms with Crippen LogP contribution < -0.4 is 14.8 Å². The molecule has 4 nitrogen and oxygen atoms in total. The minimum absolute atomic E-state index is 0.0540. The first-order chi connectivity index (χ1) is 9.64. The maximum absolute atomic E-state index is 9.88. The zero-order valence-electron chi connectivity index (χ0n) is 12.4. The van der Waals surface area contributed by atoms with Crippen LogP contribution in [0.4, 0.5) is 0 Å². The fourth-order valence-corrected chi connectivity index (χ4v) is 3.45. The highest BCUT2D eigenvalue weighted by Gasteiger charge is 2.35. The van der Waals surface area contributed by atoms with Crippen LogP contribution in [0.5, 0.6) is 17.2 Å². The van der Waals surface area contributed by atoms with E-state index < -0.39 is 0 Å². The van der Waals surface area contributed by atoms with Crippen molar-refractivity contribution >= 4 is 11.8 Å². The second-order valence-corrected chi connectivity index (χ2v) is 6.47. The van der Waals surface area contributed by atoms with Gasteiger partial charge in [0.2, 0.25) is 5.75 Å². The summed E-state index contributed by atoms with van der Waals surface area (Å²) in [4.78, 5) is 0. The molecule has 1 saturated carbocycles. The van der Waals surface area contributed by atoms with Gasteiger partial charge in [0.05, 0.1) is 14.2 Å². The van der Waals surface area contributed by atoms with Crippen molar-refractivity contribution in [3.63, 3.8) is 0 Å². The van der Waals surface area contributed by atoms with Crippen LogP contribution in [0, 0.1) is 0 Å². The summed E-state index contributed by atoms with van der Waals surface area (Å²) >= 11 is 1.96. The summed E-state index contributed by atoms with van der Waals surface area (Å²) in [6.45, 7) is 1.76. The molecule has 0 radical (unpaired) electrons. The molecule has 1 aromatic carbocycles. The quantitative estimate of drug-likeness (QED) is 0.810. The van der Waals surface area contributed by atoms with Crippen molar-refractivity contribution in [2.45, 2.75) is 30.6 Å². The number of nitrogens with one attached hydrogen (secondary N) is 1. The van der Waals surface area contributed by atoms with Crippen molar-refractivity contribution < 1.29 is 14.6 Å². The summed E-state index contributed by atoms with van der Waals surface area (Å²) in [5.74, 6) is 0.951. The predicted molar refractivity (Wildman–Crippen MR) is 83.0 cm³/mol. The highest BCUT2D eigenvalue weighted by Crippen LogP contribution is 2.42. The van der Waals surface area contributed by atoms with Crippen LogP contribution in [-0.4, -0.2) is 36.9 Å². The summed E-state index contributed by atoms with van der Waals surface area (Å²) in [7, 11) is 3.09. The minimum atomic E-state index is 0.0540. The Morgan fingerprint density at radius 3 is 2.25 bits per heavy atom. The van der Waals surface area contributed by atoms with Crippen LogP contribution in [0.15, 0.2) is 12.1 Å². The first-order valence-electron chi connectivity index (χ1n) is 6.84. The van der Waals surface area contributed by atoms with Gasteiger partial charge in [-0.25, -0.2) is 0 Å². The fraction of sp³-hybridized carbons (Fsp3) is 0.600. The maximum atomic E-state index is 9.88. The first kappa shape index (κ1) is 15.3. The third-order valence-corrected chi connectivity index (χ3v) is 5.43. The normalized spacial score (nSPS) is 16.6. The highest BCUT2D eigenvalue weighted by molar-refractivity contribution is 8.00. The number of hydrogen-bond donors (Lipinski definition) is 2. The average molecular weight is 297 g/mol. The number of phenols is 1. The molecule has 0 heterocycles. The van der Waals surface area contributed by atoms with Crippen molar-refractivity contribution in [3.05, 3.63) is 17.7 Å². The Balaban J connectivity index is 1.98. The molecule has 0 amide bonds. The summed E-state index contributed by atoms with van der Waals surface area (Å²) in [5.41, 5.74) is 1.05. The van der Waals surface area contributed by atoms with Crippen LogP contribution in [0.3, 0.4) is 0 Å². The Bertz CT molecular complexity index is 430. The number of hydrogen-bond acceptors (Lipinski definition) is 5. The Kier molecular flexibility index (Phi) is 5.05. The molecule has 20 heavy (non-hydrogen) atoms. The molecular formula is C15H23NO3S. The molecule has 1 aromatic rings. The largest absolute Gasteiger partial charge is 0.502 e. The van der Waals surface area contributed by atoms with Crippen molar-refractivity contribution in [1.82, 2.24) is 5.32 Å². The number of thioether (sulfide) groups is 1. The maximum Gasteiger partial charge on any atom is 0.200 e. The zero-order chi connectivity index (χ0) is 14.6. The Morgan fingerprint density at radius 2 is 1.85 bits per heavy atom. The molecule has 1 aliphatic rings. The second-order valence-electron chi connectivity index (χ2n) is 5.19. The van der Waals surface area contributed by atoms with Gasteiger partial charge in [-0.1, -0.05) is 6.42 Å². The Labute approximate surface area is 124 Å². The molecule has 0 saturated heterocycles. The molecular weight excluding hydrogens is 274 g/mol. The number of benzene rings is 1. The molecule has 2 rings (SSSR count). The van der Waals surface area contributed by atoms with Gasteiger partial charge in [0, 0.05) is 17.8 Å². The van der Waals surface area contributed by atoms with E-state index in [0.29, 0.717) is 16.2 Å². The SMILES string of the molecule is COc1cc(CNCC2(SC)CCC2)cc(OC)c1O. The smallest absolute Gasteiger partial charge is 0.200 e. The van der Waals surface area contributed by atoms with Crippen LogP contribution in [0.25, 0.3) is 0 Å². The first-order valence-corrected chi connectivity index (χ1v) is 8.06. The van der Waals surface area contributed by atoms with Crippen molar-refractivity contribution in [2.75, 3.05) is 27.0 Å². The van der Waals surface area contributed by atoms with Gasteiger partial charge in [0.15, 0.2) is 11.5 Å². The molecule has 1 aliphatic carbocycles. The molecule has 0 aliphatic heterocycles. The molecule has 0 aromatic heterocycles. The van der Waals surface area contributed by atoms with Crippen LogP contribution in [0.1, 0.15) is 24.8 Å². The lowest BCUT2D eigenvalue weighted by Crippen LogP contribution is -2.43. The van der Waals surface area contributed by atoms with Gasteiger partial charge in [-0.05, 0) is 36.8 Å². The lowest BCUT2D eigenvalue weighted by Gasteiger charge is -2.40. The van der Waals surface area contributed by atoms with Crippen molar-refractivity contribution in [1.29, 1.82) is 0 Å². The van der Waals surface area contributed by atoms with E-state index in [-0.39, 0.29) is 5.75 Å². The fourth-order valence-electron chi connectivity index (χ4n) is 2.51. The minimum Gasteiger partial charge on any atom is -0.502 e. The Morgan fingerprint density at radius 1 is 1.25 bits per heavy atom. The molecule has 0 bridgehead atoms. The third kappa shape index (κ3) is 3.15. The van der Waals surface area contributed by atoms with E-state index in [1.807, 2.05) is 23.9 Å². The number of phenolic OH excluding ortho intramolecular Hbond substituents is 1. The number of ether oxygens (including phenoxy) is 2. The summed E-state index contributed by atoms with van der Waals surface area (Å²) < 4.78 is 10.8. The van der Waals surface area contributed by atoms with Gasteiger partial charge in [-0.15, -0.1) is 0 Å². The molecule has 112 valence electrons. The number of methoxy groups -OCH3 is 2. The lowest BCUT2D eigenvalue weighted by molar-refractivity contribution is 0.336. The zero-order valence-corrected chi connectivity index (χ0v) is 13.2. The van der Waals surface area contributed by atoms with E-state index in [1.54, 1.807) is 14.2 Å². The molecule has 0 spiro atoms. The molecule has 1 fully saturated rings. The van der Waals surface area contributed by atoms with Gasteiger partial charge in [0.25, 0.3) is 0 Å². The Hall–Kier alpha value is -1.07. The summed E-state index contributed by atoms with van der Waals surface area (Å²) in [6.07, 6.45) is 6.11. The average Bonchev–Trinajstić information content (AvgIpc) is 2.43. The van der Waals surface area contributed by atoms with Crippen molar-refractivity contribution in [2.24, 2.45) is 0 Å². The number of aromatic hydroxyl groups is 1. The van der Waals surface area contributed by atoms with E-state index >= 15 is 0 Å². The predicted octanol–water partition coefficient (Wildman–Crippen LogP) is 2.78. The van der Waals surface area contributed by atoms with E-state index in [1.165, 1.54) is 19.3 Å². The molecule has 0 unspecified atom stereocenters. The van der Waals surface area contributed by atoms with Gasteiger partial charge < -0.3 is 19.9 Å².